The van der Waals surface area contributed by atoms with Crippen LogP contribution in [0.2, 0.25) is 5.02 Å². The summed E-state index contributed by atoms with van der Waals surface area (Å²) in [5.74, 6) is -2.44. The van der Waals surface area contributed by atoms with Gasteiger partial charge in [-0.25, -0.2) is 17.7 Å². The summed E-state index contributed by atoms with van der Waals surface area (Å²) in [5.41, 5.74) is 1.54. The first kappa shape index (κ1) is 32.8. The van der Waals surface area contributed by atoms with Gasteiger partial charge in [0.05, 0.1) is 30.4 Å². The number of hydrogen-bond donors (Lipinski definition) is 3. The highest BCUT2D eigenvalue weighted by atomic mass is 35.5. The molecule has 236 valence electrons. The largest absolute Gasteiger partial charge is 0.494 e. The normalized spacial score (nSPS) is 15.4. The van der Waals surface area contributed by atoms with Crippen molar-refractivity contribution in [3.63, 3.8) is 0 Å². The third-order valence-corrected chi connectivity index (χ3v) is 8.90. The number of anilines is 5. The Hall–Kier alpha value is -4.15. The van der Waals surface area contributed by atoms with Gasteiger partial charge in [0.25, 0.3) is 0 Å². The summed E-state index contributed by atoms with van der Waals surface area (Å²) in [5, 5.41) is 7.87. The molecule has 0 fully saturated rings. The van der Waals surface area contributed by atoms with Crippen molar-refractivity contribution in [1.29, 1.82) is 0 Å². The van der Waals surface area contributed by atoms with Crippen LogP contribution in [0.1, 0.15) is 18.9 Å². The zero-order chi connectivity index (χ0) is 32.4. The molecule has 0 spiro atoms. The second-order valence-corrected chi connectivity index (χ2v) is 12.2. The lowest BCUT2D eigenvalue weighted by Crippen LogP contribution is -2.51. The number of hydrogen-bond acceptors (Lipinski definition) is 9. The first-order valence-corrected chi connectivity index (χ1v) is 15.0. The Bertz CT molecular complexity index is 1690. The molecule has 2 amide bonds. The number of amides is 2. The molecule has 0 bridgehead atoms. The van der Waals surface area contributed by atoms with Crippen LogP contribution >= 0.6 is 11.6 Å². The highest BCUT2D eigenvalue weighted by molar-refractivity contribution is 7.89. The van der Waals surface area contributed by atoms with Crippen LogP contribution in [-0.2, 0) is 26.0 Å². The van der Waals surface area contributed by atoms with Gasteiger partial charge in [0, 0.05) is 26.2 Å². The van der Waals surface area contributed by atoms with Gasteiger partial charge >= 0.3 is 12.1 Å². The molecular formula is C27H29ClF3N7O5S. The van der Waals surface area contributed by atoms with Crippen LogP contribution in [0.4, 0.5) is 42.0 Å². The second kappa shape index (κ2) is 12.8. The molecule has 3 N–H and O–H groups in total. The fourth-order valence-electron chi connectivity index (χ4n) is 4.62. The maximum absolute atomic E-state index is 13.1. The molecule has 1 aliphatic heterocycles. The van der Waals surface area contributed by atoms with Crippen molar-refractivity contribution in [1.82, 2.24) is 19.6 Å². The molecule has 12 nitrogen and oxygen atoms in total. The number of nitrogens with zero attached hydrogens (tertiary/aromatic N) is 4. The number of alkyl halides is 3. The van der Waals surface area contributed by atoms with Gasteiger partial charge in [-0.2, -0.15) is 18.2 Å². The van der Waals surface area contributed by atoms with E-state index >= 15 is 0 Å². The van der Waals surface area contributed by atoms with Crippen LogP contribution in [0.15, 0.2) is 47.5 Å². The molecule has 3 aromatic rings. The van der Waals surface area contributed by atoms with Crippen molar-refractivity contribution in [2.75, 3.05) is 43.3 Å². The van der Waals surface area contributed by atoms with Crippen LogP contribution in [-0.4, -0.2) is 74.5 Å². The average molecular weight is 656 g/mol. The van der Waals surface area contributed by atoms with E-state index in [0.717, 1.165) is 4.31 Å². The zero-order valence-corrected chi connectivity index (χ0v) is 25.6. The smallest absolute Gasteiger partial charge is 0.471 e. The molecule has 0 saturated heterocycles. The summed E-state index contributed by atoms with van der Waals surface area (Å²) in [4.78, 5) is 34.6. The lowest BCUT2D eigenvalue weighted by molar-refractivity contribution is -0.174. The Labute approximate surface area is 256 Å². The minimum atomic E-state index is -5.14. The molecule has 2 heterocycles. The van der Waals surface area contributed by atoms with E-state index in [1.165, 1.54) is 38.4 Å². The Morgan fingerprint density at radius 3 is 2.50 bits per heavy atom. The van der Waals surface area contributed by atoms with E-state index in [0.29, 0.717) is 16.9 Å². The van der Waals surface area contributed by atoms with Crippen molar-refractivity contribution in [2.24, 2.45) is 0 Å². The highest BCUT2D eigenvalue weighted by Crippen LogP contribution is 2.40. The van der Waals surface area contributed by atoms with Crippen molar-refractivity contribution >= 4 is 62.3 Å². The Kier molecular flexibility index (Phi) is 9.56. The number of para-hydroxylation sites is 1. The molecule has 1 aliphatic rings. The highest BCUT2D eigenvalue weighted by Gasteiger charge is 2.42. The number of benzene rings is 2. The Balaban J connectivity index is 1.66. The lowest BCUT2D eigenvalue weighted by Gasteiger charge is -2.26. The number of rotatable bonds is 9. The zero-order valence-electron chi connectivity index (χ0n) is 24.0. The number of fused-ring (bicyclic) bond motifs is 1. The molecule has 1 aromatic heterocycles. The third-order valence-electron chi connectivity index (χ3n) is 6.75. The maximum atomic E-state index is 13.1. The predicted molar refractivity (Wildman–Crippen MR) is 158 cm³/mol. The molecule has 1 unspecified atom stereocenters. The van der Waals surface area contributed by atoms with Gasteiger partial charge in [0.15, 0.2) is 5.82 Å². The van der Waals surface area contributed by atoms with Gasteiger partial charge < -0.3 is 25.6 Å². The summed E-state index contributed by atoms with van der Waals surface area (Å²) >= 11 is 6.34. The van der Waals surface area contributed by atoms with Crippen molar-refractivity contribution < 1.29 is 35.9 Å². The fraction of sp³-hybridized carbons (Fsp3) is 0.333. The standard InChI is InChI=1S/C27H29ClF3N7O5S/c1-5-38-20-13-12-18(22(43-4)15(20)10-11-19(24(38)39)34-25(40)27(29,30)31)35-26-32-14-16(28)23(36-26)33-17-8-6-7-9-21(17)44(41,42)37(2)3/h6-9,12-14,19H,5,10-11H2,1-4H3,(H,34,40)(H2,32,33,35,36). The van der Waals surface area contributed by atoms with Crippen LogP contribution in [0.25, 0.3) is 0 Å². The van der Waals surface area contributed by atoms with Gasteiger partial charge in [0.1, 0.15) is 21.7 Å². The van der Waals surface area contributed by atoms with Gasteiger partial charge in [-0.3, -0.25) is 9.59 Å². The number of aromatic nitrogens is 2. The van der Waals surface area contributed by atoms with E-state index in [9.17, 15) is 31.2 Å². The van der Waals surface area contributed by atoms with Gasteiger partial charge in [-0.05, 0) is 44.0 Å². The molecule has 0 aliphatic carbocycles. The van der Waals surface area contributed by atoms with Crippen molar-refractivity contribution in [3.8, 4) is 5.75 Å². The van der Waals surface area contributed by atoms with Crippen molar-refractivity contribution in [3.05, 3.63) is 53.2 Å². The summed E-state index contributed by atoms with van der Waals surface area (Å²) < 4.78 is 71.1. The van der Waals surface area contributed by atoms with Gasteiger partial charge in [0.2, 0.25) is 21.9 Å². The first-order valence-electron chi connectivity index (χ1n) is 13.2. The number of nitrogens with one attached hydrogen (secondary N) is 3. The van der Waals surface area contributed by atoms with Crippen LogP contribution < -0.4 is 25.6 Å². The van der Waals surface area contributed by atoms with E-state index in [2.05, 4.69) is 20.6 Å². The van der Waals surface area contributed by atoms with Gasteiger partial charge in [-0.1, -0.05) is 23.7 Å². The molecule has 44 heavy (non-hydrogen) atoms. The Morgan fingerprint density at radius 1 is 1.16 bits per heavy atom. The molecule has 2 aromatic carbocycles. The lowest BCUT2D eigenvalue weighted by atomic mass is 10.0. The number of methoxy groups -OCH3 is 1. The molecule has 1 atom stereocenters. The second-order valence-electron chi connectivity index (χ2n) is 9.71. The summed E-state index contributed by atoms with van der Waals surface area (Å²) in [7, 11) is 0.412. The molecule has 0 radical (unpaired) electrons. The minimum Gasteiger partial charge on any atom is -0.494 e. The maximum Gasteiger partial charge on any atom is 0.471 e. The number of carbonyl (C=O) groups is 2. The van der Waals surface area contributed by atoms with Gasteiger partial charge in [-0.15, -0.1) is 0 Å². The minimum absolute atomic E-state index is 0.00126. The number of carbonyl (C=O) groups excluding carboxylic acids is 2. The van der Waals surface area contributed by atoms with Crippen LogP contribution in [0, 0.1) is 0 Å². The first-order chi connectivity index (χ1) is 20.7. The monoisotopic (exact) mass is 655 g/mol. The van der Waals surface area contributed by atoms with Crippen molar-refractivity contribution in [2.45, 2.75) is 36.9 Å². The number of likely N-dealkylation sites (N-methyl/N-ethyl adjacent to an activating group) is 1. The number of ether oxygens (including phenoxy) is 1. The number of sulfonamides is 1. The fourth-order valence-corrected chi connectivity index (χ4v) is 5.80. The quantitative estimate of drug-likeness (QED) is 0.308. The summed E-state index contributed by atoms with van der Waals surface area (Å²) in [6.07, 6.45) is -3.83. The molecule has 4 rings (SSSR count). The van der Waals surface area contributed by atoms with Crippen LogP contribution in [0.5, 0.6) is 5.75 Å². The summed E-state index contributed by atoms with van der Waals surface area (Å²) in [6.45, 7) is 1.78. The predicted octanol–water partition coefficient (Wildman–Crippen LogP) is 4.22. The van der Waals surface area contributed by atoms with E-state index < -0.39 is 34.1 Å². The third kappa shape index (κ3) is 6.66. The molecular weight excluding hydrogens is 627 g/mol. The van der Waals surface area contributed by atoms with E-state index in [1.807, 2.05) is 0 Å². The molecule has 0 saturated carbocycles. The van der Waals surface area contributed by atoms with Crippen LogP contribution in [0.3, 0.4) is 0 Å². The van der Waals surface area contributed by atoms with E-state index in [4.69, 9.17) is 16.3 Å². The Morgan fingerprint density at radius 2 is 1.86 bits per heavy atom. The topological polar surface area (TPSA) is 146 Å². The van der Waals surface area contributed by atoms with E-state index in [-0.39, 0.29) is 52.5 Å². The molecule has 17 heteroatoms. The SMILES string of the molecule is CCN1C(=O)C(NC(=O)C(F)(F)F)CCc2c1ccc(Nc1ncc(Cl)c(Nc3ccccc3S(=O)(=O)N(C)C)n1)c2OC. The van der Waals surface area contributed by atoms with E-state index in [1.54, 1.807) is 42.6 Å². The number of halogens is 4. The average Bonchev–Trinajstić information content (AvgIpc) is 3.10. The summed E-state index contributed by atoms with van der Waals surface area (Å²) in [6, 6.07) is 8.03.